The Bertz CT molecular complexity index is 816. The van der Waals surface area contributed by atoms with E-state index in [0.29, 0.717) is 17.7 Å². The SMILES string of the molecule is CNC(=O)c1ccc(NC(=O)[C@]2(C)CC(c3ccccc3)=NO2)cc1. The largest absolute Gasteiger partial charge is 0.379 e. The van der Waals surface area contributed by atoms with Gasteiger partial charge in [0.1, 0.15) is 0 Å². The molecule has 2 aromatic rings. The highest BCUT2D eigenvalue weighted by atomic mass is 16.7. The summed E-state index contributed by atoms with van der Waals surface area (Å²) >= 11 is 0. The Morgan fingerprint density at radius 3 is 2.40 bits per heavy atom. The number of nitrogens with one attached hydrogen (secondary N) is 2. The summed E-state index contributed by atoms with van der Waals surface area (Å²) in [6.07, 6.45) is 0.388. The maximum Gasteiger partial charge on any atom is 0.271 e. The zero-order valence-electron chi connectivity index (χ0n) is 14.1. The highest BCUT2D eigenvalue weighted by molar-refractivity contribution is 6.08. The van der Waals surface area contributed by atoms with Crippen LogP contribution in [0.25, 0.3) is 0 Å². The molecule has 0 saturated heterocycles. The molecule has 2 aromatic carbocycles. The van der Waals surface area contributed by atoms with Crippen molar-refractivity contribution < 1.29 is 14.4 Å². The zero-order valence-corrected chi connectivity index (χ0v) is 14.1. The van der Waals surface area contributed by atoms with Crippen molar-refractivity contribution in [2.75, 3.05) is 12.4 Å². The molecule has 0 aromatic heterocycles. The van der Waals surface area contributed by atoms with Crippen molar-refractivity contribution in [2.24, 2.45) is 5.16 Å². The zero-order chi connectivity index (χ0) is 17.9. The van der Waals surface area contributed by atoms with Gasteiger partial charge in [-0.05, 0) is 36.8 Å². The van der Waals surface area contributed by atoms with Crippen molar-refractivity contribution in [3.05, 3.63) is 65.7 Å². The van der Waals surface area contributed by atoms with E-state index < -0.39 is 5.60 Å². The molecule has 2 N–H and O–H groups in total. The molecule has 0 radical (unpaired) electrons. The number of carbonyl (C=O) groups is 2. The molecule has 1 atom stereocenters. The Kier molecular flexibility index (Phi) is 4.52. The van der Waals surface area contributed by atoms with E-state index in [2.05, 4.69) is 15.8 Å². The quantitative estimate of drug-likeness (QED) is 0.900. The fourth-order valence-corrected chi connectivity index (χ4v) is 2.56. The smallest absolute Gasteiger partial charge is 0.271 e. The average Bonchev–Trinajstić information content (AvgIpc) is 3.06. The third-order valence-corrected chi connectivity index (χ3v) is 4.08. The minimum Gasteiger partial charge on any atom is -0.379 e. The van der Waals surface area contributed by atoms with Crippen LogP contribution in [0, 0.1) is 0 Å². The first-order valence-electron chi connectivity index (χ1n) is 7.96. The van der Waals surface area contributed by atoms with Crippen LogP contribution in [0.5, 0.6) is 0 Å². The van der Waals surface area contributed by atoms with Crippen LogP contribution >= 0.6 is 0 Å². The lowest BCUT2D eigenvalue weighted by atomic mass is 9.95. The summed E-state index contributed by atoms with van der Waals surface area (Å²) < 4.78 is 0. The summed E-state index contributed by atoms with van der Waals surface area (Å²) in [6, 6.07) is 16.3. The first kappa shape index (κ1) is 16.7. The molecule has 1 aliphatic heterocycles. The number of amides is 2. The van der Waals surface area contributed by atoms with Gasteiger partial charge in [-0.3, -0.25) is 9.59 Å². The molecule has 3 rings (SSSR count). The molecule has 2 amide bonds. The van der Waals surface area contributed by atoms with Crippen molar-refractivity contribution in [1.29, 1.82) is 0 Å². The number of rotatable bonds is 4. The predicted molar refractivity (Wildman–Crippen MR) is 95.5 cm³/mol. The Balaban J connectivity index is 1.67. The Morgan fingerprint density at radius 2 is 1.76 bits per heavy atom. The molecule has 1 heterocycles. The van der Waals surface area contributed by atoms with Gasteiger partial charge in [-0.2, -0.15) is 0 Å². The molecule has 0 unspecified atom stereocenters. The maximum atomic E-state index is 12.6. The predicted octanol–water partition coefficient (Wildman–Crippen LogP) is 2.57. The molecule has 0 bridgehead atoms. The van der Waals surface area contributed by atoms with Crippen molar-refractivity contribution in [2.45, 2.75) is 18.9 Å². The number of benzene rings is 2. The second-order valence-corrected chi connectivity index (χ2v) is 6.01. The summed E-state index contributed by atoms with van der Waals surface area (Å²) in [5.74, 6) is -0.459. The van der Waals surface area contributed by atoms with E-state index in [1.165, 1.54) is 0 Å². The molecule has 25 heavy (non-hydrogen) atoms. The van der Waals surface area contributed by atoms with Crippen molar-refractivity contribution in [1.82, 2.24) is 5.32 Å². The van der Waals surface area contributed by atoms with E-state index in [4.69, 9.17) is 4.84 Å². The first-order valence-corrected chi connectivity index (χ1v) is 7.96. The van der Waals surface area contributed by atoms with Crippen LogP contribution in [0.4, 0.5) is 5.69 Å². The molecule has 0 fully saturated rings. The van der Waals surface area contributed by atoms with Gasteiger partial charge in [0, 0.05) is 24.7 Å². The second kappa shape index (κ2) is 6.76. The van der Waals surface area contributed by atoms with Gasteiger partial charge in [0.15, 0.2) is 0 Å². The normalized spacial score (nSPS) is 18.9. The van der Waals surface area contributed by atoms with E-state index in [1.54, 1.807) is 38.2 Å². The number of carbonyl (C=O) groups excluding carboxylic acids is 2. The number of nitrogens with zero attached hydrogens (tertiary/aromatic N) is 1. The van der Waals surface area contributed by atoms with Crippen LogP contribution in [0.2, 0.25) is 0 Å². The van der Waals surface area contributed by atoms with Crippen LogP contribution in [0.1, 0.15) is 29.3 Å². The highest BCUT2D eigenvalue weighted by Gasteiger charge is 2.42. The van der Waals surface area contributed by atoms with Crippen LogP contribution in [-0.4, -0.2) is 30.2 Å². The molecule has 6 nitrogen and oxygen atoms in total. The van der Waals surface area contributed by atoms with Gasteiger partial charge in [0.05, 0.1) is 5.71 Å². The second-order valence-electron chi connectivity index (χ2n) is 6.01. The standard InChI is InChI=1S/C19H19N3O3/c1-19(12-16(22-25-19)13-6-4-3-5-7-13)18(24)21-15-10-8-14(9-11-15)17(23)20-2/h3-11H,12H2,1-2H3,(H,20,23)(H,21,24)/t19-/m0/s1. The maximum absolute atomic E-state index is 12.6. The Hall–Kier alpha value is -3.15. The fourth-order valence-electron chi connectivity index (χ4n) is 2.56. The molecule has 128 valence electrons. The lowest BCUT2D eigenvalue weighted by Crippen LogP contribution is -2.40. The summed E-state index contributed by atoms with van der Waals surface area (Å²) in [7, 11) is 1.57. The van der Waals surface area contributed by atoms with Gasteiger partial charge in [-0.1, -0.05) is 35.5 Å². The van der Waals surface area contributed by atoms with Gasteiger partial charge < -0.3 is 15.5 Å². The van der Waals surface area contributed by atoms with Gasteiger partial charge in [0.25, 0.3) is 11.8 Å². The number of hydrogen-bond acceptors (Lipinski definition) is 4. The number of anilines is 1. The third kappa shape index (κ3) is 3.52. The highest BCUT2D eigenvalue weighted by Crippen LogP contribution is 2.28. The minimum atomic E-state index is -1.06. The summed E-state index contributed by atoms with van der Waals surface area (Å²) in [5.41, 5.74) is 1.74. The van der Waals surface area contributed by atoms with Gasteiger partial charge in [-0.15, -0.1) is 0 Å². The van der Waals surface area contributed by atoms with E-state index >= 15 is 0 Å². The molecular weight excluding hydrogens is 318 g/mol. The summed E-state index contributed by atoms with van der Waals surface area (Å²) in [6.45, 7) is 1.71. The van der Waals surface area contributed by atoms with Gasteiger partial charge in [-0.25, -0.2) is 0 Å². The minimum absolute atomic E-state index is 0.176. The molecule has 0 spiro atoms. The average molecular weight is 337 g/mol. The third-order valence-electron chi connectivity index (χ3n) is 4.08. The van der Waals surface area contributed by atoms with Crippen LogP contribution in [-0.2, 0) is 9.63 Å². The summed E-state index contributed by atoms with van der Waals surface area (Å²) in [4.78, 5) is 29.6. The van der Waals surface area contributed by atoms with Gasteiger partial charge in [0.2, 0.25) is 5.60 Å². The van der Waals surface area contributed by atoms with E-state index in [0.717, 1.165) is 11.3 Å². The number of oxime groups is 1. The number of hydrogen-bond donors (Lipinski definition) is 2. The van der Waals surface area contributed by atoms with Crippen LogP contribution < -0.4 is 10.6 Å². The molecule has 1 aliphatic rings. The molecular formula is C19H19N3O3. The summed E-state index contributed by atoms with van der Waals surface area (Å²) in [5, 5.41) is 9.44. The first-order chi connectivity index (χ1) is 12.0. The monoisotopic (exact) mass is 337 g/mol. The lowest BCUT2D eigenvalue weighted by molar-refractivity contribution is -0.135. The van der Waals surface area contributed by atoms with Crippen molar-refractivity contribution in [3.8, 4) is 0 Å². The van der Waals surface area contributed by atoms with Gasteiger partial charge >= 0.3 is 0 Å². The topological polar surface area (TPSA) is 79.8 Å². The van der Waals surface area contributed by atoms with E-state index in [-0.39, 0.29) is 11.8 Å². The fraction of sp³-hybridized carbons (Fsp3) is 0.211. The molecule has 0 aliphatic carbocycles. The molecule has 6 heteroatoms. The van der Waals surface area contributed by atoms with E-state index in [1.807, 2.05) is 30.3 Å². The van der Waals surface area contributed by atoms with Crippen LogP contribution in [0.3, 0.4) is 0 Å². The van der Waals surface area contributed by atoms with Crippen molar-refractivity contribution in [3.63, 3.8) is 0 Å². The molecule has 0 saturated carbocycles. The lowest BCUT2D eigenvalue weighted by Gasteiger charge is -2.20. The van der Waals surface area contributed by atoms with E-state index in [9.17, 15) is 9.59 Å². The Morgan fingerprint density at radius 1 is 1.08 bits per heavy atom. The van der Waals surface area contributed by atoms with Crippen molar-refractivity contribution >= 4 is 23.2 Å². The van der Waals surface area contributed by atoms with Crippen LogP contribution in [0.15, 0.2) is 59.8 Å². The Labute approximate surface area is 145 Å².